The Morgan fingerprint density at radius 2 is 1.67 bits per heavy atom. The van der Waals surface area contributed by atoms with E-state index in [2.05, 4.69) is 23.5 Å². The van der Waals surface area contributed by atoms with Crippen molar-refractivity contribution in [1.82, 2.24) is 15.5 Å². The van der Waals surface area contributed by atoms with E-state index in [0.29, 0.717) is 17.7 Å². The van der Waals surface area contributed by atoms with E-state index in [4.69, 9.17) is 11.2 Å². The lowest BCUT2D eigenvalue weighted by Crippen LogP contribution is -2.51. The van der Waals surface area contributed by atoms with Crippen LogP contribution in [0.15, 0.2) is 24.3 Å². The van der Waals surface area contributed by atoms with Gasteiger partial charge in [-0.05, 0) is 65.7 Å². The number of carbonyl (C=O) groups is 3. The van der Waals surface area contributed by atoms with Crippen molar-refractivity contribution < 1.29 is 19.1 Å². The highest BCUT2D eigenvalue weighted by Gasteiger charge is 2.33. The fraction of sp³-hybridized carbons (Fsp3) is 0.577. The minimum atomic E-state index is -0.860. The third kappa shape index (κ3) is 10.4. The second-order valence-corrected chi connectivity index (χ2v) is 10.1. The molecule has 1 aromatic rings. The van der Waals surface area contributed by atoms with Gasteiger partial charge in [-0.15, -0.1) is 6.42 Å². The van der Waals surface area contributed by atoms with Gasteiger partial charge >= 0.3 is 6.09 Å². The molecule has 1 atom stereocenters. The number of nitrogens with one attached hydrogen (secondary N) is 2. The van der Waals surface area contributed by atoms with Gasteiger partial charge in [0.15, 0.2) is 0 Å². The van der Waals surface area contributed by atoms with Crippen LogP contribution in [-0.4, -0.2) is 47.0 Å². The van der Waals surface area contributed by atoms with E-state index in [1.165, 1.54) is 4.90 Å². The summed E-state index contributed by atoms with van der Waals surface area (Å²) in [5, 5.41) is 5.49. The number of hydrogen-bond acceptors (Lipinski definition) is 4. The van der Waals surface area contributed by atoms with Crippen molar-refractivity contribution in [3.8, 4) is 12.3 Å². The van der Waals surface area contributed by atoms with Gasteiger partial charge in [-0.1, -0.05) is 37.8 Å². The molecule has 0 aromatic heterocycles. The third-order valence-electron chi connectivity index (χ3n) is 4.56. The van der Waals surface area contributed by atoms with E-state index in [1.807, 2.05) is 20.8 Å². The van der Waals surface area contributed by atoms with Crippen LogP contribution in [0.4, 0.5) is 4.79 Å². The SMILES string of the molecule is C#Cc1ccc(C(C(=O)NC(C)(C)C)N(CCCCC)C(=O)CNC(=O)OC(C)(C)C)cc1. The van der Waals surface area contributed by atoms with Crippen molar-refractivity contribution in [2.45, 2.75) is 84.9 Å². The second kappa shape index (κ2) is 12.3. The molecule has 0 bridgehead atoms. The number of hydrogen-bond donors (Lipinski definition) is 2. The van der Waals surface area contributed by atoms with E-state index < -0.39 is 23.3 Å². The topological polar surface area (TPSA) is 87.7 Å². The van der Waals surface area contributed by atoms with Crippen LogP contribution < -0.4 is 10.6 Å². The monoisotopic (exact) mass is 457 g/mol. The van der Waals surface area contributed by atoms with Gasteiger partial charge in [-0.2, -0.15) is 0 Å². The maximum atomic E-state index is 13.4. The average molecular weight is 458 g/mol. The molecule has 0 saturated carbocycles. The van der Waals surface area contributed by atoms with Gasteiger partial charge in [0, 0.05) is 17.6 Å². The highest BCUT2D eigenvalue weighted by atomic mass is 16.6. The molecule has 0 spiro atoms. The summed E-state index contributed by atoms with van der Waals surface area (Å²) >= 11 is 0. The van der Waals surface area contributed by atoms with E-state index >= 15 is 0 Å². The molecule has 1 aromatic carbocycles. The minimum Gasteiger partial charge on any atom is -0.444 e. The number of benzene rings is 1. The first kappa shape index (κ1) is 28.0. The Balaban J connectivity index is 3.25. The summed E-state index contributed by atoms with van der Waals surface area (Å²) in [6.07, 6.45) is 7.40. The summed E-state index contributed by atoms with van der Waals surface area (Å²) < 4.78 is 5.23. The van der Waals surface area contributed by atoms with Crippen LogP contribution in [0.2, 0.25) is 0 Å². The number of terminal acetylenes is 1. The van der Waals surface area contributed by atoms with Gasteiger partial charge in [0.25, 0.3) is 0 Å². The quantitative estimate of drug-likeness (QED) is 0.430. The molecule has 0 fully saturated rings. The van der Waals surface area contributed by atoms with E-state index in [1.54, 1.807) is 45.0 Å². The number of amides is 3. The Bertz CT molecular complexity index is 842. The maximum Gasteiger partial charge on any atom is 0.408 e. The molecule has 3 amide bonds. The average Bonchev–Trinajstić information content (AvgIpc) is 2.69. The fourth-order valence-corrected chi connectivity index (χ4v) is 3.17. The molecule has 0 radical (unpaired) electrons. The first-order valence-electron chi connectivity index (χ1n) is 11.4. The Morgan fingerprint density at radius 3 is 2.15 bits per heavy atom. The predicted molar refractivity (Wildman–Crippen MR) is 130 cm³/mol. The Morgan fingerprint density at radius 1 is 1.06 bits per heavy atom. The largest absolute Gasteiger partial charge is 0.444 e. The number of nitrogens with zero attached hydrogens (tertiary/aromatic N) is 1. The lowest BCUT2D eigenvalue weighted by atomic mass is 10.00. The van der Waals surface area contributed by atoms with Crippen LogP contribution in [0.25, 0.3) is 0 Å². The van der Waals surface area contributed by atoms with Gasteiger partial charge in [-0.25, -0.2) is 4.79 Å². The van der Waals surface area contributed by atoms with E-state index in [9.17, 15) is 14.4 Å². The minimum absolute atomic E-state index is 0.275. The predicted octanol–water partition coefficient (Wildman–Crippen LogP) is 4.17. The molecular formula is C26H39N3O4. The number of ether oxygens (including phenoxy) is 1. The molecule has 33 heavy (non-hydrogen) atoms. The molecule has 2 N–H and O–H groups in total. The van der Waals surface area contributed by atoms with Crippen LogP contribution in [-0.2, 0) is 14.3 Å². The maximum absolute atomic E-state index is 13.4. The summed E-state index contributed by atoms with van der Waals surface area (Å²) in [5.41, 5.74) is 0.171. The van der Waals surface area contributed by atoms with Crippen molar-refractivity contribution >= 4 is 17.9 Å². The smallest absolute Gasteiger partial charge is 0.408 e. The van der Waals surface area contributed by atoms with Gasteiger partial charge in [-0.3, -0.25) is 9.59 Å². The Kier molecular flexibility index (Phi) is 10.4. The van der Waals surface area contributed by atoms with Gasteiger partial charge < -0.3 is 20.3 Å². The standard InChI is InChI=1S/C26H39N3O4/c1-9-11-12-17-29(21(30)18-27-24(32)33-26(6,7)8)22(23(31)28-25(3,4)5)20-15-13-19(10-2)14-16-20/h2,13-16,22H,9,11-12,17-18H2,1,3-8H3,(H,27,32)(H,28,31). The lowest BCUT2D eigenvalue weighted by molar-refractivity contribution is -0.141. The highest BCUT2D eigenvalue weighted by molar-refractivity contribution is 5.90. The molecule has 7 heteroatoms. The summed E-state index contributed by atoms with van der Waals surface area (Å²) in [6.45, 7) is 13.1. The molecule has 0 saturated heterocycles. The first-order chi connectivity index (χ1) is 15.3. The number of carbonyl (C=O) groups excluding carboxylic acids is 3. The van der Waals surface area contributed by atoms with E-state index in [0.717, 1.165) is 19.3 Å². The summed E-state index contributed by atoms with van der Waals surface area (Å²) in [5.74, 6) is 1.90. The number of unbranched alkanes of at least 4 members (excludes halogenated alkanes) is 2. The number of alkyl carbamates (subject to hydrolysis) is 1. The molecule has 7 nitrogen and oxygen atoms in total. The zero-order chi connectivity index (χ0) is 25.2. The Hall–Kier alpha value is -3.01. The van der Waals surface area contributed by atoms with Crippen molar-refractivity contribution in [3.05, 3.63) is 35.4 Å². The van der Waals surface area contributed by atoms with Gasteiger partial charge in [0.05, 0.1) is 0 Å². The van der Waals surface area contributed by atoms with Crippen LogP contribution >= 0.6 is 0 Å². The molecule has 1 rings (SSSR count). The second-order valence-electron chi connectivity index (χ2n) is 10.1. The normalized spacial score (nSPS) is 12.3. The van der Waals surface area contributed by atoms with Crippen LogP contribution in [0.1, 0.15) is 84.9 Å². The van der Waals surface area contributed by atoms with Crippen LogP contribution in [0, 0.1) is 12.3 Å². The van der Waals surface area contributed by atoms with Crippen molar-refractivity contribution in [2.75, 3.05) is 13.1 Å². The van der Waals surface area contributed by atoms with Crippen molar-refractivity contribution in [3.63, 3.8) is 0 Å². The number of rotatable bonds is 9. The molecule has 0 aliphatic heterocycles. The fourth-order valence-electron chi connectivity index (χ4n) is 3.17. The Labute approximate surface area is 198 Å². The van der Waals surface area contributed by atoms with Crippen molar-refractivity contribution in [1.29, 1.82) is 0 Å². The summed E-state index contributed by atoms with van der Waals surface area (Å²) in [6, 6.07) is 6.18. The van der Waals surface area contributed by atoms with E-state index in [-0.39, 0.29) is 18.4 Å². The van der Waals surface area contributed by atoms with Gasteiger partial charge in [0.2, 0.25) is 11.8 Å². The molecule has 0 heterocycles. The lowest BCUT2D eigenvalue weighted by Gasteiger charge is -2.34. The summed E-state index contributed by atoms with van der Waals surface area (Å²) in [4.78, 5) is 40.2. The molecule has 0 aliphatic rings. The van der Waals surface area contributed by atoms with Crippen LogP contribution in [0.3, 0.4) is 0 Å². The van der Waals surface area contributed by atoms with Crippen LogP contribution in [0.5, 0.6) is 0 Å². The zero-order valence-corrected chi connectivity index (χ0v) is 21.1. The van der Waals surface area contributed by atoms with Crippen molar-refractivity contribution in [2.24, 2.45) is 0 Å². The summed E-state index contributed by atoms with van der Waals surface area (Å²) in [7, 11) is 0. The molecule has 0 aliphatic carbocycles. The molecule has 182 valence electrons. The zero-order valence-electron chi connectivity index (χ0n) is 21.1. The first-order valence-corrected chi connectivity index (χ1v) is 11.4. The molecular weight excluding hydrogens is 418 g/mol. The third-order valence-corrected chi connectivity index (χ3v) is 4.56. The molecule has 1 unspecified atom stereocenters. The highest BCUT2D eigenvalue weighted by Crippen LogP contribution is 2.24. The van der Waals surface area contributed by atoms with Gasteiger partial charge in [0.1, 0.15) is 18.2 Å².